The minimum atomic E-state index is 0.461. The zero-order valence-electron chi connectivity index (χ0n) is 10.7. The fourth-order valence-electron chi connectivity index (χ4n) is 2.78. The van der Waals surface area contributed by atoms with Gasteiger partial charge in [-0.15, -0.1) is 0 Å². The van der Waals surface area contributed by atoms with E-state index < -0.39 is 0 Å². The fraction of sp³-hybridized carbons (Fsp3) is 0.600. The Labute approximate surface area is 99.3 Å². The van der Waals surface area contributed by atoms with Crippen LogP contribution in [0, 0.1) is 5.41 Å². The third-order valence-corrected chi connectivity index (χ3v) is 4.01. The molecule has 88 valence electrons. The molecule has 1 nitrogen and oxygen atoms in total. The maximum atomic E-state index is 3.79. The summed E-state index contributed by atoms with van der Waals surface area (Å²) in [7, 11) is 0. The quantitative estimate of drug-likeness (QED) is 0.809. The van der Waals surface area contributed by atoms with Crippen LogP contribution in [-0.4, -0.2) is 6.04 Å². The summed E-state index contributed by atoms with van der Waals surface area (Å²) < 4.78 is 0. The van der Waals surface area contributed by atoms with Crippen LogP contribution in [0.4, 0.5) is 0 Å². The SMILES string of the molecule is C[C@@H](N[C@H]1CCCC1(C)C)c1ccccc1. The van der Waals surface area contributed by atoms with Gasteiger partial charge in [0.2, 0.25) is 0 Å². The van der Waals surface area contributed by atoms with E-state index in [1.54, 1.807) is 0 Å². The highest BCUT2D eigenvalue weighted by Crippen LogP contribution is 2.38. The number of benzene rings is 1. The van der Waals surface area contributed by atoms with E-state index >= 15 is 0 Å². The van der Waals surface area contributed by atoms with Crippen molar-refractivity contribution in [2.45, 2.75) is 52.1 Å². The summed E-state index contributed by atoms with van der Waals surface area (Å²) in [6, 6.07) is 11.9. The lowest BCUT2D eigenvalue weighted by Crippen LogP contribution is -2.39. The van der Waals surface area contributed by atoms with Gasteiger partial charge >= 0.3 is 0 Å². The third-order valence-electron chi connectivity index (χ3n) is 4.01. The van der Waals surface area contributed by atoms with Crippen molar-refractivity contribution in [3.63, 3.8) is 0 Å². The van der Waals surface area contributed by atoms with Crippen molar-refractivity contribution < 1.29 is 0 Å². The van der Waals surface area contributed by atoms with Crippen LogP contribution in [0.2, 0.25) is 0 Å². The van der Waals surface area contributed by atoms with E-state index in [1.165, 1.54) is 24.8 Å². The van der Waals surface area contributed by atoms with E-state index in [2.05, 4.69) is 56.4 Å². The first-order valence-electron chi connectivity index (χ1n) is 6.40. The standard InChI is InChI=1S/C15H23N/c1-12(13-8-5-4-6-9-13)16-14-10-7-11-15(14,2)3/h4-6,8-9,12,14,16H,7,10-11H2,1-3H3/t12-,14+/m1/s1. The molecule has 0 aromatic heterocycles. The number of nitrogens with one attached hydrogen (secondary N) is 1. The molecule has 1 aromatic carbocycles. The first-order chi connectivity index (χ1) is 7.59. The molecule has 2 rings (SSSR count). The summed E-state index contributed by atoms with van der Waals surface area (Å²) in [5.74, 6) is 0. The van der Waals surface area contributed by atoms with Crippen LogP contribution in [0.1, 0.15) is 51.6 Å². The van der Waals surface area contributed by atoms with Crippen LogP contribution in [0.15, 0.2) is 30.3 Å². The van der Waals surface area contributed by atoms with Gasteiger partial charge in [-0.3, -0.25) is 0 Å². The van der Waals surface area contributed by atoms with E-state index in [1.807, 2.05) is 0 Å². The van der Waals surface area contributed by atoms with Crippen molar-refractivity contribution in [3.8, 4) is 0 Å². The van der Waals surface area contributed by atoms with Gasteiger partial charge in [0.05, 0.1) is 0 Å². The molecule has 0 spiro atoms. The normalized spacial score (nSPS) is 25.6. The van der Waals surface area contributed by atoms with E-state index in [4.69, 9.17) is 0 Å². The molecule has 1 heteroatoms. The molecular formula is C15H23N. The summed E-state index contributed by atoms with van der Waals surface area (Å²) in [6.07, 6.45) is 4.04. The lowest BCUT2D eigenvalue weighted by atomic mass is 9.86. The van der Waals surface area contributed by atoms with Gasteiger partial charge in [0, 0.05) is 12.1 Å². The summed E-state index contributed by atoms with van der Waals surface area (Å²) in [4.78, 5) is 0. The van der Waals surface area contributed by atoms with Crippen LogP contribution in [-0.2, 0) is 0 Å². The molecule has 1 aliphatic carbocycles. The molecule has 0 amide bonds. The van der Waals surface area contributed by atoms with Crippen molar-refractivity contribution in [3.05, 3.63) is 35.9 Å². The molecule has 0 saturated heterocycles. The maximum Gasteiger partial charge on any atom is 0.0294 e. The Morgan fingerprint density at radius 2 is 1.94 bits per heavy atom. The molecule has 2 atom stereocenters. The molecular weight excluding hydrogens is 194 g/mol. The molecule has 0 aliphatic heterocycles. The Balaban J connectivity index is 2.00. The van der Waals surface area contributed by atoms with Crippen LogP contribution >= 0.6 is 0 Å². The van der Waals surface area contributed by atoms with Gasteiger partial charge in [0.25, 0.3) is 0 Å². The summed E-state index contributed by atoms with van der Waals surface area (Å²) >= 11 is 0. The Kier molecular flexibility index (Phi) is 3.34. The van der Waals surface area contributed by atoms with E-state index in [-0.39, 0.29) is 0 Å². The first-order valence-corrected chi connectivity index (χ1v) is 6.40. The monoisotopic (exact) mass is 217 g/mol. The Bertz CT molecular complexity index is 329. The zero-order valence-corrected chi connectivity index (χ0v) is 10.7. The molecule has 0 bridgehead atoms. The highest BCUT2D eigenvalue weighted by atomic mass is 15.0. The van der Waals surface area contributed by atoms with Crippen LogP contribution in [0.3, 0.4) is 0 Å². The van der Waals surface area contributed by atoms with Crippen molar-refractivity contribution in [1.29, 1.82) is 0 Å². The number of hydrogen-bond donors (Lipinski definition) is 1. The average Bonchev–Trinajstić information content (AvgIpc) is 2.59. The van der Waals surface area contributed by atoms with Crippen molar-refractivity contribution >= 4 is 0 Å². The van der Waals surface area contributed by atoms with E-state index in [0.717, 1.165) is 0 Å². The van der Waals surface area contributed by atoms with E-state index in [0.29, 0.717) is 17.5 Å². The van der Waals surface area contributed by atoms with Crippen molar-refractivity contribution in [1.82, 2.24) is 5.32 Å². The van der Waals surface area contributed by atoms with Crippen LogP contribution < -0.4 is 5.32 Å². The smallest absolute Gasteiger partial charge is 0.0294 e. The number of rotatable bonds is 3. The van der Waals surface area contributed by atoms with Gasteiger partial charge < -0.3 is 5.32 Å². The second-order valence-electron chi connectivity index (χ2n) is 5.73. The van der Waals surface area contributed by atoms with Crippen molar-refractivity contribution in [2.75, 3.05) is 0 Å². The lowest BCUT2D eigenvalue weighted by molar-refractivity contribution is 0.266. The van der Waals surface area contributed by atoms with Crippen LogP contribution in [0.5, 0.6) is 0 Å². The zero-order chi connectivity index (χ0) is 11.6. The van der Waals surface area contributed by atoms with Crippen LogP contribution in [0.25, 0.3) is 0 Å². The molecule has 1 fully saturated rings. The molecule has 16 heavy (non-hydrogen) atoms. The predicted molar refractivity (Wildman–Crippen MR) is 69.4 cm³/mol. The molecule has 1 aliphatic rings. The minimum absolute atomic E-state index is 0.461. The average molecular weight is 217 g/mol. The minimum Gasteiger partial charge on any atom is -0.307 e. The first kappa shape index (κ1) is 11.7. The summed E-state index contributed by atoms with van der Waals surface area (Å²) in [6.45, 7) is 7.04. The second-order valence-corrected chi connectivity index (χ2v) is 5.73. The molecule has 0 unspecified atom stereocenters. The summed E-state index contributed by atoms with van der Waals surface area (Å²) in [5.41, 5.74) is 1.86. The van der Waals surface area contributed by atoms with Gasteiger partial charge in [-0.25, -0.2) is 0 Å². The Morgan fingerprint density at radius 1 is 1.25 bits per heavy atom. The Morgan fingerprint density at radius 3 is 2.50 bits per heavy atom. The molecule has 1 N–H and O–H groups in total. The second kappa shape index (κ2) is 4.58. The topological polar surface area (TPSA) is 12.0 Å². The maximum absolute atomic E-state index is 3.79. The van der Waals surface area contributed by atoms with E-state index in [9.17, 15) is 0 Å². The fourth-order valence-corrected chi connectivity index (χ4v) is 2.78. The molecule has 0 radical (unpaired) electrons. The van der Waals surface area contributed by atoms with Gasteiger partial charge in [0.15, 0.2) is 0 Å². The largest absolute Gasteiger partial charge is 0.307 e. The highest BCUT2D eigenvalue weighted by molar-refractivity contribution is 5.18. The van der Waals surface area contributed by atoms with Gasteiger partial charge in [-0.2, -0.15) is 0 Å². The number of hydrogen-bond acceptors (Lipinski definition) is 1. The molecule has 1 saturated carbocycles. The predicted octanol–water partition coefficient (Wildman–Crippen LogP) is 3.92. The van der Waals surface area contributed by atoms with Gasteiger partial charge in [-0.05, 0) is 30.7 Å². The van der Waals surface area contributed by atoms with Gasteiger partial charge in [0.1, 0.15) is 0 Å². The summed E-state index contributed by atoms with van der Waals surface area (Å²) in [5, 5.41) is 3.79. The molecule has 1 aromatic rings. The molecule has 0 heterocycles. The third kappa shape index (κ3) is 2.46. The van der Waals surface area contributed by atoms with Crippen molar-refractivity contribution in [2.24, 2.45) is 5.41 Å². The van der Waals surface area contributed by atoms with Gasteiger partial charge in [-0.1, -0.05) is 50.6 Å². The lowest BCUT2D eigenvalue weighted by Gasteiger charge is -2.31. The highest BCUT2D eigenvalue weighted by Gasteiger charge is 2.34. The Hall–Kier alpha value is -0.820.